The summed E-state index contributed by atoms with van der Waals surface area (Å²) in [6.45, 7) is 0. The van der Waals surface area contributed by atoms with Crippen molar-refractivity contribution in [3.63, 3.8) is 0 Å². The van der Waals surface area contributed by atoms with Crippen molar-refractivity contribution in [2.45, 2.75) is 0 Å². The third kappa shape index (κ3) is 3.19. The Morgan fingerprint density at radius 3 is 1.50 bits per heavy atom. The first-order valence-corrected chi connectivity index (χ1v) is 6.87. The lowest BCUT2D eigenvalue weighted by Gasteiger charge is -2.27. The largest absolute Gasteiger partial charge is 0.309 e. The van der Waals surface area contributed by atoms with Crippen LogP contribution in [0.1, 0.15) is 0 Å². The summed E-state index contributed by atoms with van der Waals surface area (Å²) in [5.41, 5.74) is 18.9. The molecule has 98 valence electrons. The van der Waals surface area contributed by atoms with Crippen molar-refractivity contribution in [2.24, 2.45) is 9.77 Å². The molecule has 0 aliphatic rings. The topological polar surface area (TPSA) is 101 Å². The van der Waals surface area contributed by atoms with Crippen LogP contribution in [0.3, 0.4) is 0 Å². The van der Waals surface area contributed by atoms with E-state index in [1.54, 1.807) is 4.67 Å². The smallest absolute Gasteiger partial charge is 0.182 e. The fourth-order valence-corrected chi connectivity index (χ4v) is 2.68. The molecule has 0 saturated heterocycles. The van der Waals surface area contributed by atoms with Crippen LogP contribution in [0.25, 0.3) is 20.9 Å². The second kappa shape index (κ2) is 7.02. The molecular formula is C12H10N7P. The Hall–Kier alpha value is -2.71. The van der Waals surface area contributed by atoms with E-state index in [-0.39, 0.29) is 0 Å². The normalized spacial score (nSPS) is 10.8. The molecular weight excluding hydrogens is 273 g/mol. The lowest BCUT2D eigenvalue weighted by atomic mass is 10.3. The summed E-state index contributed by atoms with van der Waals surface area (Å²) in [5, 5.41) is 0. The average molecular weight is 283 g/mol. The molecule has 0 aliphatic heterocycles. The van der Waals surface area contributed by atoms with Crippen LogP contribution in [0.15, 0.2) is 70.4 Å². The molecule has 20 heavy (non-hydrogen) atoms. The molecule has 0 radical (unpaired) electrons. The fraction of sp³-hybridized carbons (Fsp3) is 0. The molecule has 2 aromatic rings. The molecule has 0 spiro atoms. The van der Waals surface area contributed by atoms with Gasteiger partial charge >= 0.3 is 0 Å². The molecule has 0 bridgehead atoms. The summed E-state index contributed by atoms with van der Waals surface area (Å²) in [4.78, 5) is 12.8. The Morgan fingerprint density at radius 2 is 1.15 bits per heavy atom. The van der Waals surface area contributed by atoms with Crippen molar-refractivity contribution in [1.29, 1.82) is 0 Å². The standard InChI is InChI=1S/C12H10N7P/c13-15-17-20(18-16-14)19(11-7-3-1-4-8-11)12-9-5-2-6-10-12/h1-10H. The number of para-hydroxylation sites is 2. The van der Waals surface area contributed by atoms with E-state index in [1.165, 1.54) is 0 Å². The van der Waals surface area contributed by atoms with Crippen molar-refractivity contribution in [2.75, 3.05) is 4.67 Å². The van der Waals surface area contributed by atoms with E-state index in [4.69, 9.17) is 11.1 Å². The van der Waals surface area contributed by atoms with Crippen molar-refractivity contribution in [3.05, 3.63) is 81.5 Å². The molecule has 0 atom stereocenters. The number of nitrogens with zero attached hydrogens (tertiary/aromatic N) is 7. The Bertz CT molecular complexity index is 591. The monoisotopic (exact) mass is 283 g/mol. The third-order valence-corrected chi connectivity index (χ3v) is 3.72. The van der Waals surface area contributed by atoms with Crippen LogP contribution in [0.5, 0.6) is 0 Å². The molecule has 2 aromatic carbocycles. The predicted molar refractivity (Wildman–Crippen MR) is 80.2 cm³/mol. The second-order valence-corrected chi connectivity index (χ2v) is 4.90. The van der Waals surface area contributed by atoms with Crippen LogP contribution in [0, 0.1) is 0 Å². The van der Waals surface area contributed by atoms with Gasteiger partial charge in [0, 0.05) is 21.2 Å². The van der Waals surface area contributed by atoms with Gasteiger partial charge in [-0.25, -0.2) is 0 Å². The van der Waals surface area contributed by atoms with Gasteiger partial charge in [0.1, 0.15) is 0 Å². The van der Waals surface area contributed by atoms with Crippen LogP contribution >= 0.6 is 8.37 Å². The molecule has 0 N–H and O–H groups in total. The van der Waals surface area contributed by atoms with Crippen LogP contribution in [-0.2, 0) is 0 Å². The van der Waals surface area contributed by atoms with Crippen molar-refractivity contribution in [1.82, 2.24) is 0 Å². The van der Waals surface area contributed by atoms with Crippen molar-refractivity contribution in [3.8, 4) is 0 Å². The minimum atomic E-state index is -1.73. The first kappa shape index (κ1) is 13.7. The molecule has 0 aromatic heterocycles. The van der Waals surface area contributed by atoms with Crippen molar-refractivity contribution < 1.29 is 0 Å². The first-order chi connectivity index (χ1) is 9.86. The molecule has 0 amide bonds. The fourth-order valence-electron chi connectivity index (χ4n) is 1.66. The maximum absolute atomic E-state index is 8.67. The summed E-state index contributed by atoms with van der Waals surface area (Å²) < 4.78 is 1.73. The summed E-state index contributed by atoms with van der Waals surface area (Å²) in [6, 6.07) is 18.7. The summed E-state index contributed by atoms with van der Waals surface area (Å²) in [5.74, 6) is 0. The number of benzene rings is 2. The van der Waals surface area contributed by atoms with E-state index >= 15 is 0 Å². The van der Waals surface area contributed by atoms with E-state index in [0.29, 0.717) is 0 Å². The Kier molecular flexibility index (Phi) is 4.81. The third-order valence-electron chi connectivity index (χ3n) is 2.42. The number of azide groups is 1. The molecule has 0 fully saturated rings. The zero-order chi connectivity index (χ0) is 14.2. The second-order valence-electron chi connectivity index (χ2n) is 3.61. The number of hydrogen-bond donors (Lipinski definition) is 0. The summed E-state index contributed by atoms with van der Waals surface area (Å²) >= 11 is 0. The minimum absolute atomic E-state index is 0.796. The van der Waals surface area contributed by atoms with Gasteiger partial charge in [0.25, 0.3) is 0 Å². The van der Waals surface area contributed by atoms with E-state index in [1.807, 2.05) is 60.7 Å². The zero-order valence-electron chi connectivity index (χ0n) is 10.4. The van der Waals surface area contributed by atoms with E-state index in [2.05, 4.69) is 19.6 Å². The van der Waals surface area contributed by atoms with E-state index in [9.17, 15) is 0 Å². The number of hydrogen-bond acceptors (Lipinski definition) is 3. The molecule has 8 heteroatoms. The summed E-state index contributed by atoms with van der Waals surface area (Å²) in [6.07, 6.45) is 0. The lowest BCUT2D eigenvalue weighted by Crippen LogP contribution is -2.07. The van der Waals surface area contributed by atoms with E-state index < -0.39 is 8.37 Å². The highest BCUT2D eigenvalue weighted by Gasteiger charge is 2.18. The minimum Gasteiger partial charge on any atom is -0.309 e. The first-order valence-electron chi connectivity index (χ1n) is 5.67. The van der Waals surface area contributed by atoms with Gasteiger partial charge in [-0.3, -0.25) is 0 Å². The van der Waals surface area contributed by atoms with Gasteiger partial charge in [-0.05, 0) is 45.1 Å². The highest BCUT2D eigenvalue weighted by molar-refractivity contribution is 7.56. The van der Waals surface area contributed by atoms with Crippen LogP contribution in [0.2, 0.25) is 0 Å². The molecule has 0 saturated carbocycles. The SMILES string of the molecule is [N-]=[N+]=NP(N=[N+]=[N-])N(c1ccccc1)c1ccccc1. The van der Waals surface area contributed by atoms with Gasteiger partial charge < -0.3 is 4.67 Å². The highest BCUT2D eigenvalue weighted by Crippen LogP contribution is 2.51. The van der Waals surface area contributed by atoms with Gasteiger partial charge in [0.15, 0.2) is 8.37 Å². The average Bonchev–Trinajstić information content (AvgIpc) is 2.50. The Labute approximate surface area is 116 Å². The van der Waals surface area contributed by atoms with Gasteiger partial charge in [-0.15, -0.1) is 0 Å². The molecule has 0 aliphatic carbocycles. The van der Waals surface area contributed by atoms with Gasteiger partial charge in [-0.2, -0.15) is 0 Å². The van der Waals surface area contributed by atoms with Crippen LogP contribution in [-0.4, -0.2) is 0 Å². The van der Waals surface area contributed by atoms with Gasteiger partial charge in [0.2, 0.25) is 0 Å². The molecule has 0 heterocycles. The van der Waals surface area contributed by atoms with Crippen LogP contribution in [0.4, 0.5) is 11.4 Å². The maximum Gasteiger partial charge on any atom is 0.182 e. The number of anilines is 2. The molecule has 0 unspecified atom stereocenters. The number of rotatable bonds is 5. The quantitative estimate of drug-likeness (QED) is 0.300. The van der Waals surface area contributed by atoms with Crippen molar-refractivity contribution >= 4 is 19.7 Å². The van der Waals surface area contributed by atoms with Crippen LogP contribution < -0.4 is 4.67 Å². The predicted octanol–water partition coefficient (Wildman–Crippen LogP) is 5.67. The maximum atomic E-state index is 8.67. The Balaban J connectivity index is 2.54. The lowest BCUT2D eigenvalue weighted by molar-refractivity contribution is 1.37. The molecule has 2 rings (SSSR count). The van der Waals surface area contributed by atoms with E-state index in [0.717, 1.165) is 11.4 Å². The highest BCUT2D eigenvalue weighted by atomic mass is 31.1. The van der Waals surface area contributed by atoms with Gasteiger partial charge in [-0.1, -0.05) is 36.4 Å². The molecule has 7 nitrogen and oxygen atoms in total. The zero-order valence-corrected chi connectivity index (χ0v) is 11.2. The van der Waals surface area contributed by atoms with Gasteiger partial charge in [0.05, 0.1) is 0 Å². The Morgan fingerprint density at radius 1 is 0.750 bits per heavy atom. The summed E-state index contributed by atoms with van der Waals surface area (Å²) in [7, 11) is -1.73.